The molecule has 34 heavy (non-hydrogen) atoms. The summed E-state index contributed by atoms with van der Waals surface area (Å²) in [5, 5.41) is 8.77. The van der Waals surface area contributed by atoms with Crippen molar-refractivity contribution in [1.29, 1.82) is 0 Å². The normalized spacial score (nSPS) is 16.4. The van der Waals surface area contributed by atoms with E-state index in [1.165, 1.54) is 10.4 Å². The van der Waals surface area contributed by atoms with E-state index in [-0.39, 0.29) is 17.9 Å². The van der Waals surface area contributed by atoms with E-state index in [4.69, 9.17) is 9.47 Å². The first-order valence-corrected chi connectivity index (χ1v) is 12.1. The molecule has 1 aliphatic rings. The largest absolute Gasteiger partial charge is 0.493 e. The molecule has 1 N–H and O–H groups in total. The van der Waals surface area contributed by atoms with Gasteiger partial charge in [-0.3, -0.25) is 4.79 Å². The zero-order valence-corrected chi connectivity index (χ0v) is 20.6. The average Bonchev–Trinajstić information content (AvgIpc) is 3.46. The SMILES string of the molecule is COc1cn2nccc2cc1Nc1ncnc2sc3c(c12)CCC(C(=O)N(C)C[C@@H](C)OC)C3. The topological polar surface area (TPSA) is 93.9 Å². The van der Waals surface area contributed by atoms with Crippen LogP contribution in [0.3, 0.4) is 0 Å². The molecule has 0 bridgehead atoms. The quantitative estimate of drug-likeness (QED) is 0.431. The van der Waals surface area contributed by atoms with Gasteiger partial charge in [0.2, 0.25) is 5.91 Å². The van der Waals surface area contributed by atoms with Gasteiger partial charge in [-0.05, 0) is 43.9 Å². The van der Waals surface area contributed by atoms with Crippen molar-refractivity contribution in [3.63, 3.8) is 0 Å². The van der Waals surface area contributed by atoms with Gasteiger partial charge in [-0.1, -0.05) is 0 Å². The van der Waals surface area contributed by atoms with Gasteiger partial charge in [-0.2, -0.15) is 5.10 Å². The maximum atomic E-state index is 13.1. The number of thiophene rings is 1. The second-order valence-corrected chi connectivity index (χ2v) is 9.78. The Morgan fingerprint density at radius 1 is 1.38 bits per heavy atom. The second-order valence-electron chi connectivity index (χ2n) is 8.69. The van der Waals surface area contributed by atoms with Crippen molar-refractivity contribution in [2.75, 3.05) is 33.1 Å². The molecule has 1 amide bonds. The molecule has 9 nitrogen and oxygen atoms in total. The highest BCUT2D eigenvalue weighted by molar-refractivity contribution is 7.19. The molecule has 0 aliphatic heterocycles. The monoisotopic (exact) mass is 480 g/mol. The Bertz CT molecular complexity index is 1350. The fourth-order valence-electron chi connectivity index (χ4n) is 4.61. The number of anilines is 2. The van der Waals surface area contributed by atoms with Crippen LogP contribution in [0.2, 0.25) is 0 Å². The number of carbonyl (C=O) groups is 1. The summed E-state index contributed by atoms with van der Waals surface area (Å²) in [6.45, 7) is 2.57. The van der Waals surface area contributed by atoms with Crippen LogP contribution >= 0.6 is 11.3 Å². The first kappa shape index (κ1) is 22.5. The fourth-order valence-corrected chi connectivity index (χ4v) is 5.88. The zero-order valence-electron chi connectivity index (χ0n) is 19.7. The highest BCUT2D eigenvalue weighted by Crippen LogP contribution is 2.41. The van der Waals surface area contributed by atoms with Crippen LogP contribution < -0.4 is 10.1 Å². The predicted molar refractivity (Wildman–Crippen MR) is 132 cm³/mol. The molecule has 0 spiro atoms. The first-order chi connectivity index (χ1) is 16.5. The standard InChI is InChI=1S/C24H28N6O3S/c1-14(32-3)11-29(2)24(31)15-5-6-17-20(9-15)34-23-21(17)22(25-13-26-23)28-18-10-16-7-8-27-30(16)12-19(18)33-4/h7-8,10,12-15H,5-6,9,11H2,1-4H3,(H,25,26,28)/t14-,15?/m1/s1. The van der Waals surface area contributed by atoms with Gasteiger partial charge in [0.15, 0.2) is 5.75 Å². The molecule has 178 valence electrons. The number of amides is 1. The van der Waals surface area contributed by atoms with Crippen molar-refractivity contribution in [2.24, 2.45) is 5.92 Å². The van der Waals surface area contributed by atoms with E-state index in [0.29, 0.717) is 12.3 Å². The molecule has 0 fully saturated rings. The molecule has 4 heterocycles. The van der Waals surface area contributed by atoms with Crippen LogP contribution in [0, 0.1) is 5.92 Å². The van der Waals surface area contributed by atoms with Crippen LogP contribution in [0.15, 0.2) is 30.9 Å². The third-order valence-electron chi connectivity index (χ3n) is 6.48. The van der Waals surface area contributed by atoms with E-state index in [1.807, 2.05) is 32.3 Å². The van der Waals surface area contributed by atoms with Crippen LogP contribution in [-0.4, -0.2) is 64.3 Å². The summed E-state index contributed by atoms with van der Waals surface area (Å²) >= 11 is 1.66. The number of nitrogens with zero attached hydrogens (tertiary/aromatic N) is 5. The van der Waals surface area contributed by atoms with Crippen LogP contribution in [0.25, 0.3) is 15.7 Å². The molecular formula is C24H28N6O3S. The van der Waals surface area contributed by atoms with Gasteiger partial charge in [-0.15, -0.1) is 11.3 Å². The summed E-state index contributed by atoms with van der Waals surface area (Å²) in [6, 6.07) is 3.93. The molecule has 10 heteroatoms. The molecule has 0 saturated carbocycles. The second kappa shape index (κ2) is 9.19. The number of aromatic nitrogens is 4. The Hall–Kier alpha value is -3.24. The lowest BCUT2D eigenvalue weighted by atomic mass is 9.87. The predicted octanol–water partition coefficient (Wildman–Crippen LogP) is 3.69. The van der Waals surface area contributed by atoms with E-state index >= 15 is 0 Å². The van der Waals surface area contributed by atoms with Gasteiger partial charge in [-0.25, -0.2) is 14.5 Å². The Balaban J connectivity index is 1.44. The lowest BCUT2D eigenvalue weighted by Crippen LogP contribution is -2.39. The van der Waals surface area contributed by atoms with Crippen LogP contribution in [0.5, 0.6) is 5.75 Å². The smallest absolute Gasteiger partial charge is 0.225 e. The number of hydrogen-bond acceptors (Lipinski definition) is 8. The maximum Gasteiger partial charge on any atom is 0.225 e. The molecule has 5 rings (SSSR count). The van der Waals surface area contributed by atoms with Crippen LogP contribution in [0.4, 0.5) is 11.5 Å². The number of ether oxygens (including phenoxy) is 2. The number of hydrogen-bond donors (Lipinski definition) is 1. The molecular weight excluding hydrogens is 452 g/mol. The van der Waals surface area contributed by atoms with Crippen molar-refractivity contribution in [1.82, 2.24) is 24.5 Å². The summed E-state index contributed by atoms with van der Waals surface area (Å²) in [4.78, 5) is 26.1. The van der Waals surface area contributed by atoms with Gasteiger partial charge in [0.1, 0.15) is 17.0 Å². The van der Waals surface area contributed by atoms with Gasteiger partial charge in [0.25, 0.3) is 0 Å². The molecule has 4 aromatic heterocycles. The molecule has 1 aliphatic carbocycles. The lowest BCUT2D eigenvalue weighted by molar-refractivity contribution is -0.135. The number of rotatable bonds is 7. The summed E-state index contributed by atoms with van der Waals surface area (Å²) in [5.74, 6) is 1.57. The minimum absolute atomic E-state index is 0.0140. The van der Waals surface area contributed by atoms with E-state index < -0.39 is 0 Å². The van der Waals surface area contributed by atoms with Gasteiger partial charge >= 0.3 is 0 Å². The molecule has 2 atom stereocenters. The van der Waals surface area contributed by atoms with Gasteiger partial charge < -0.3 is 19.7 Å². The summed E-state index contributed by atoms with van der Waals surface area (Å²) < 4.78 is 12.7. The number of methoxy groups -OCH3 is 2. The number of aryl methyl sites for hydroxylation is 1. The summed E-state index contributed by atoms with van der Waals surface area (Å²) in [7, 11) is 5.17. The summed E-state index contributed by atoms with van der Waals surface area (Å²) in [5.41, 5.74) is 3.01. The molecule has 1 unspecified atom stereocenters. The molecule has 0 radical (unpaired) electrons. The van der Waals surface area contributed by atoms with Crippen molar-refractivity contribution in [3.8, 4) is 5.75 Å². The fraction of sp³-hybridized carbons (Fsp3) is 0.417. The van der Waals surface area contributed by atoms with Gasteiger partial charge in [0, 0.05) is 37.7 Å². The highest BCUT2D eigenvalue weighted by Gasteiger charge is 2.31. The number of nitrogens with one attached hydrogen (secondary N) is 1. The number of fused-ring (bicyclic) bond motifs is 4. The third kappa shape index (κ3) is 4.07. The minimum atomic E-state index is -0.0247. The van der Waals surface area contributed by atoms with Crippen molar-refractivity contribution < 1.29 is 14.3 Å². The highest BCUT2D eigenvalue weighted by atomic mass is 32.1. The van der Waals surface area contributed by atoms with E-state index in [1.54, 1.807) is 47.5 Å². The number of likely N-dealkylation sites (N-methyl/N-ethyl adjacent to an activating group) is 1. The molecule has 0 saturated heterocycles. The molecule has 4 aromatic rings. The maximum absolute atomic E-state index is 13.1. The Labute approximate surface area is 201 Å². The van der Waals surface area contributed by atoms with E-state index in [2.05, 4.69) is 20.4 Å². The number of carbonyl (C=O) groups excluding carboxylic acids is 1. The number of pyridine rings is 1. The Morgan fingerprint density at radius 2 is 2.24 bits per heavy atom. The van der Waals surface area contributed by atoms with Gasteiger partial charge in [0.05, 0.1) is 36.0 Å². The zero-order chi connectivity index (χ0) is 23.8. The minimum Gasteiger partial charge on any atom is -0.493 e. The molecule has 0 aromatic carbocycles. The van der Waals surface area contributed by atoms with E-state index in [9.17, 15) is 4.79 Å². The first-order valence-electron chi connectivity index (χ1n) is 11.3. The van der Waals surface area contributed by atoms with Crippen molar-refractivity contribution in [3.05, 3.63) is 41.3 Å². The Kier molecular flexibility index (Phi) is 6.09. The van der Waals surface area contributed by atoms with Crippen molar-refractivity contribution >= 4 is 44.5 Å². The summed E-state index contributed by atoms with van der Waals surface area (Å²) in [6.07, 6.45) is 7.55. The lowest BCUT2D eigenvalue weighted by Gasteiger charge is -2.28. The van der Waals surface area contributed by atoms with Crippen molar-refractivity contribution in [2.45, 2.75) is 32.3 Å². The van der Waals surface area contributed by atoms with Crippen LogP contribution in [0.1, 0.15) is 23.8 Å². The average molecular weight is 481 g/mol. The van der Waals surface area contributed by atoms with Crippen LogP contribution in [-0.2, 0) is 22.4 Å². The Morgan fingerprint density at radius 3 is 3.03 bits per heavy atom. The van der Waals surface area contributed by atoms with E-state index in [0.717, 1.165) is 46.5 Å². The third-order valence-corrected chi connectivity index (χ3v) is 7.64.